The molecule has 0 radical (unpaired) electrons. The van der Waals surface area contributed by atoms with Crippen molar-refractivity contribution in [3.63, 3.8) is 0 Å². The second kappa shape index (κ2) is 6.46. The molecule has 114 valence electrons. The lowest BCUT2D eigenvalue weighted by molar-refractivity contribution is 0.0696. The van der Waals surface area contributed by atoms with Crippen LogP contribution in [-0.2, 0) is 0 Å². The molecule has 0 fully saturated rings. The lowest BCUT2D eigenvalue weighted by Crippen LogP contribution is -2.12. The lowest BCUT2D eigenvalue weighted by atomic mass is 10.1. The molecule has 4 nitrogen and oxygen atoms in total. The number of carboxylic acid groups (broad SMARTS) is 1. The van der Waals surface area contributed by atoms with Crippen LogP contribution in [-0.4, -0.2) is 17.0 Å². The molecule has 23 heavy (non-hydrogen) atoms. The third-order valence-electron chi connectivity index (χ3n) is 3.32. The van der Waals surface area contributed by atoms with Crippen LogP contribution in [0.5, 0.6) is 0 Å². The summed E-state index contributed by atoms with van der Waals surface area (Å²) in [5, 5.41) is 13.7. The SMILES string of the molecule is O=C(O)c1cccc(NC(=O)c2ccc(-c3cccs3)cc2)c1. The summed E-state index contributed by atoms with van der Waals surface area (Å²) >= 11 is 1.64. The number of aromatic carboxylic acids is 1. The zero-order chi connectivity index (χ0) is 16.2. The van der Waals surface area contributed by atoms with E-state index in [1.807, 2.05) is 29.6 Å². The Morgan fingerprint density at radius 2 is 1.70 bits per heavy atom. The van der Waals surface area contributed by atoms with E-state index in [9.17, 15) is 9.59 Å². The van der Waals surface area contributed by atoms with Crippen LogP contribution in [0.1, 0.15) is 20.7 Å². The molecule has 0 aliphatic rings. The Balaban J connectivity index is 1.76. The molecule has 2 aromatic carbocycles. The number of thiophene rings is 1. The highest BCUT2D eigenvalue weighted by Gasteiger charge is 2.09. The van der Waals surface area contributed by atoms with Crippen LogP contribution >= 0.6 is 11.3 Å². The highest BCUT2D eigenvalue weighted by Crippen LogP contribution is 2.24. The van der Waals surface area contributed by atoms with Crippen LogP contribution in [0, 0.1) is 0 Å². The number of hydrogen-bond donors (Lipinski definition) is 2. The maximum atomic E-state index is 12.2. The number of carbonyl (C=O) groups excluding carboxylic acids is 1. The molecule has 0 unspecified atom stereocenters. The Hall–Kier alpha value is -2.92. The number of carboxylic acids is 1. The molecule has 1 aromatic heterocycles. The van der Waals surface area contributed by atoms with Crippen molar-refractivity contribution in [3.05, 3.63) is 77.2 Å². The van der Waals surface area contributed by atoms with Crippen molar-refractivity contribution in [2.75, 3.05) is 5.32 Å². The molecule has 0 aliphatic carbocycles. The van der Waals surface area contributed by atoms with Crippen LogP contribution in [0.3, 0.4) is 0 Å². The number of hydrogen-bond acceptors (Lipinski definition) is 3. The summed E-state index contributed by atoms with van der Waals surface area (Å²) in [7, 11) is 0. The first-order valence-corrected chi connectivity index (χ1v) is 7.80. The first kappa shape index (κ1) is 15.0. The monoisotopic (exact) mass is 323 g/mol. The summed E-state index contributed by atoms with van der Waals surface area (Å²) in [4.78, 5) is 24.3. The fourth-order valence-electron chi connectivity index (χ4n) is 2.16. The van der Waals surface area contributed by atoms with E-state index in [2.05, 4.69) is 5.32 Å². The van der Waals surface area contributed by atoms with Crippen LogP contribution < -0.4 is 5.32 Å². The summed E-state index contributed by atoms with van der Waals surface area (Å²) in [6.45, 7) is 0. The van der Waals surface area contributed by atoms with Crippen molar-refractivity contribution in [1.82, 2.24) is 0 Å². The number of amides is 1. The molecule has 3 aromatic rings. The molecule has 0 aliphatic heterocycles. The van der Waals surface area contributed by atoms with Gasteiger partial charge in [-0.2, -0.15) is 0 Å². The predicted molar refractivity (Wildman–Crippen MR) is 91.1 cm³/mol. The number of anilines is 1. The van der Waals surface area contributed by atoms with Crippen molar-refractivity contribution in [1.29, 1.82) is 0 Å². The Labute approximate surface area is 137 Å². The first-order valence-electron chi connectivity index (χ1n) is 6.92. The van der Waals surface area contributed by atoms with Crippen LogP contribution in [0.25, 0.3) is 10.4 Å². The topological polar surface area (TPSA) is 66.4 Å². The van der Waals surface area contributed by atoms with Crippen molar-refractivity contribution in [2.45, 2.75) is 0 Å². The molecule has 0 spiro atoms. The van der Waals surface area contributed by atoms with Gasteiger partial charge in [0.1, 0.15) is 0 Å². The van der Waals surface area contributed by atoms with Gasteiger partial charge >= 0.3 is 5.97 Å². The van der Waals surface area contributed by atoms with E-state index >= 15 is 0 Å². The minimum absolute atomic E-state index is 0.135. The van der Waals surface area contributed by atoms with E-state index in [0.717, 1.165) is 10.4 Å². The van der Waals surface area contributed by atoms with Crippen LogP contribution in [0.4, 0.5) is 5.69 Å². The molecule has 0 bridgehead atoms. The number of carbonyl (C=O) groups is 2. The summed E-state index contributed by atoms with van der Waals surface area (Å²) in [6, 6.07) is 17.5. The van der Waals surface area contributed by atoms with Crippen molar-refractivity contribution in [3.8, 4) is 10.4 Å². The van der Waals surface area contributed by atoms with E-state index in [4.69, 9.17) is 5.11 Å². The smallest absolute Gasteiger partial charge is 0.335 e. The molecule has 5 heteroatoms. The molecular formula is C18H13NO3S. The van der Waals surface area contributed by atoms with Gasteiger partial charge in [-0.15, -0.1) is 11.3 Å². The van der Waals surface area contributed by atoms with E-state index in [1.165, 1.54) is 12.1 Å². The summed E-state index contributed by atoms with van der Waals surface area (Å²) in [5.74, 6) is -1.30. The number of rotatable bonds is 4. The average Bonchev–Trinajstić information content (AvgIpc) is 3.09. The molecule has 0 saturated heterocycles. The van der Waals surface area contributed by atoms with E-state index in [1.54, 1.807) is 35.6 Å². The Morgan fingerprint density at radius 1 is 0.913 bits per heavy atom. The minimum atomic E-state index is -1.03. The van der Waals surface area contributed by atoms with Gasteiger partial charge in [-0.05, 0) is 47.3 Å². The zero-order valence-corrected chi connectivity index (χ0v) is 12.8. The fourth-order valence-corrected chi connectivity index (χ4v) is 2.89. The highest BCUT2D eigenvalue weighted by atomic mass is 32.1. The third-order valence-corrected chi connectivity index (χ3v) is 4.24. The van der Waals surface area contributed by atoms with Gasteiger partial charge in [0, 0.05) is 16.1 Å². The molecular weight excluding hydrogens is 310 g/mol. The van der Waals surface area contributed by atoms with E-state index < -0.39 is 5.97 Å². The average molecular weight is 323 g/mol. The molecule has 3 rings (SSSR count). The fraction of sp³-hybridized carbons (Fsp3) is 0. The van der Waals surface area contributed by atoms with Gasteiger partial charge < -0.3 is 10.4 Å². The minimum Gasteiger partial charge on any atom is -0.478 e. The Morgan fingerprint density at radius 3 is 2.35 bits per heavy atom. The van der Waals surface area contributed by atoms with Gasteiger partial charge in [-0.3, -0.25) is 4.79 Å². The van der Waals surface area contributed by atoms with Crippen LogP contribution in [0.15, 0.2) is 66.0 Å². The second-order valence-electron chi connectivity index (χ2n) is 4.89. The van der Waals surface area contributed by atoms with Crippen LogP contribution in [0.2, 0.25) is 0 Å². The Bertz CT molecular complexity index is 839. The van der Waals surface area contributed by atoms with Gasteiger partial charge in [0.15, 0.2) is 0 Å². The quantitative estimate of drug-likeness (QED) is 0.749. The van der Waals surface area contributed by atoms with E-state index in [-0.39, 0.29) is 11.5 Å². The highest BCUT2D eigenvalue weighted by molar-refractivity contribution is 7.13. The standard InChI is InChI=1S/C18H13NO3S/c20-17(19-15-4-1-3-14(11-15)18(21)22)13-8-6-12(7-9-13)16-5-2-10-23-16/h1-11H,(H,19,20)(H,21,22). The van der Waals surface area contributed by atoms with E-state index in [0.29, 0.717) is 11.3 Å². The predicted octanol–water partition coefficient (Wildman–Crippen LogP) is 4.37. The van der Waals surface area contributed by atoms with Gasteiger partial charge in [0.05, 0.1) is 5.56 Å². The molecule has 1 amide bonds. The summed E-state index contributed by atoms with van der Waals surface area (Å²) in [5.41, 5.74) is 2.17. The van der Waals surface area contributed by atoms with Gasteiger partial charge in [-0.1, -0.05) is 24.3 Å². The second-order valence-corrected chi connectivity index (χ2v) is 5.84. The van der Waals surface area contributed by atoms with Gasteiger partial charge in [0.25, 0.3) is 5.91 Å². The maximum Gasteiger partial charge on any atom is 0.335 e. The zero-order valence-electron chi connectivity index (χ0n) is 12.0. The van der Waals surface area contributed by atoms with Gasteiger partial charge in [-0.25, -0.2) is 4.79 Å². The summed E-state index contributed by atoms with van der Waals surface area (Å²) in [6.07, 6.45) is 0. The third kappa shape index (κ3) is 3.46. The Kier molecular flexibility index (Phi) is 4.21. The largest absolute Gasteiger partial charge is 0.478 e. The maximum absolute atomic E-state index is 12.2. The molecule has 1 heterocycles. The number of benzene rings is 2. The van der Waals surface area contributed by atoms with Crippen molar-refractivity contribution < 1.29 is 14.7 Å². The number of nitrogens with one attached hydrogen (secondary N) is 1. The normalized spacial score (nSPS) is 10.3. The molecule has 0 atom stereocenters. The van der Waals surface area contributed by atoms with Crippen molar-refractivity contribution >= 4 is 28.9 Å². The van der Waals surface area contributed by atoms with Crippen molar-refractivity contribution in [2.24, 2.45) is 0 Å². The van der Waals surface area contributed by atoms with Gasteiger partial charge in [0.2, 0.25) is 0 Å². The first-order chi connectivity index (χ1) is 11.1. The molecule has 2 N–H and O–H groups in total. The molecule has 0 saturated carbocycles. The lowest BCUT2D eigenvalue weighted by Gasteiger charge is -2.07. The summed E-state index contributed by atoms with van der Waals surface area (Å²) < 4.78 is 0.